The summed E-state index contributed by atoms with van der Waals surface area (Å²) in [6.07, 6.45) is 1.58. The van der Waals surface area contributed by atoms with E-state index in [4.69, 9.17) is 25.0 Å². The number of furan rings is 1. The maximum Gasteiger partial charge on any atom is 0.313 e. The van der Waals surface area contributed by atoms with E-state index in [9.17, 15) is 4.79 Å². The van der Waals surface area contributed by atoms with E-state index >= 15 is 0 Å². The SMILES string of the molecule is CCOC(=O)C(Cc1cc2cc(C(=N)N)ccc2o1)c1ccc(O[C@H]2CCN(C)C2)cc1. The second-order valence-electron chi connectivity index (χ2n) is 8.25. The maximum atomic E-state index is 12.8. The molecule has 7 heteroatoms. The second-order valence-corrected chi connectivity index (χ2v) is 8.25. The molecular weight excluding hydrogens is 406 g/mol. The summed E-state index contributed by atoms with van der Waals surface area (Å²) in [4.78, 5) is 15.0. The number of hydrogen-bond donors (Lipinski definition) is 2. The van der Waals surface area contributed by atoms with Gasteiger partial charge in [0.05, 0.1) is 12.5 Å². The highest BCUT2D eigenvalue weighted by Gasteiger charge is 2.25. The standard InChI is InChI=1S/C25H29N3O4/c1-3-30-25(29)22(14-21-13-18-12-17(24(26)27)6-9-23(18)32-21)16-4-7-19(8-5-16)31-20-10-11-28(2)15-20/h4-9,12-13,20,22H,3,10-11,14-15H2,1-2H3,(H3,26,27)/t20-,22?/m0/s1. The molecule has 2 aromatic carbocycles. The van der Waals surface area contributed by atoms with Crippen LogP contribution >= 0.6 is 0 Å². The molecule has 0 amide bonds. The summed E-state index contributed by atoms with van der Waals surface area (Å²) >= 11 is 0. The number of nitrogens with zero attached hydrogens (tertiary/aromatic N) is 1. The predicted molar refractivity (Wildman–Crippen MR) is 123 cm³/mol. The third-order valence-corrected chi connectivity index (χ3v) is 5.79. The van der Waals surface area contributed by atoms with Crippen LogP contribution in [-0.2, 0) is 16.0 Å². The molecule has 3 aromatic rings. The Morgan fingerprint density at radius 1 is 1.25 bits per heavy atom. The molecule has 0 saturated carbocycles. The third kappa shape index (κ3) is 4.94. The Kier molecular flexibility index (Phi) is 6.46. The van der Waals surface area contributed by atoms with Crippen molar-refractivity contribution in [1.82, 2.24) is 4.90 Å². The molecule has 4 rings (SSSR count). The number of fused-ring (bicyclic) bond motifs is 1. The molecule has 0 radical (unpaired) electrons. The molecule has 2 atom stereocenters. The van der Waals surface area contributed by atoms with E-state index in [2.05, 4.69) is 11.9 Å². The van der Waals surface area contributed by atoms with Crippen LogP contribution in [0.1, 0.15) is 36.1 Å². The van der Waals surface area contributed by atoms with Crippen LogP contribution in [0.4, 0.5) is 0 Å². The summed E-state index contributed by atoms with van der Waals surface area (Å²) < 4.78 is 17.4. The summed E-state index contributed by atoms with van der Waals surface area (Å²) in [5.41, 5.74) is 7.77. The number of nitrogen functional groups attached to an aromatic ring is 1. The first-order chi connectivity index (χ1) is 15.4. The number of likely N-dealkylation sites (tertiary alicyclic amines) is 1. The van der Waals surface area contributed by atoms with Crippen molar-refractivity contribution in [2.45, 2.75) is 31.8 Å². The Bertz CT molecular complexity index is 1110. The quantitative estimate of drug-likeness (QED) is 0.318. The van der Waals surface area contributed by atoms with E-state index in [1.54, 1.807) is 19.1 Å². The molecular formula is C25H29N3O4. The molecule has 2 heterocycles. The van der Waals surface area contributed by atoms with Crippen molar-refractivity contribution in [3.8, 4) is 5.75 Å². The predicted octanol–water partition coefficient (Wildman–Crippen LogP) is 3.69. The van der Waals surface area contributed by atoms with Crippen LogP contribution in [0.2, 0.25) is 0 Å². The maximum absolute atomic E-state index is 12.8. The number of carbonyl (C=O) groups is 1. The highest BCUT2D eigenvalue weighted by Crippen LogP contribution is 2.29. The van der Waals surface area contributed by atoms with Gasteiger partial charge >= 0.3 is 5.97 Å². The molecule has 1 saturated heterocycles. The van der Waals surface area contributed by atoms with E-state index in [0.717, 1.165) is 36.2 Å². The Morgan fingerprint density at radius 2 is 2.03 bits per heavy atom. The lowest BCUT2D eigenvalue weighted by Crippen LogP contribution is -2.21. The number of nitrogens with one attached hydrogen (secondary N) is 1. The van der Waals surface area contributed by atoms with Gasteiger partial charge in [0.1, 0.15) is 29.0 Å². The van der Waals surface area contributed by atoms with Crippen molar-refractivity contribution in [2.24, 2.45) is 5.73 Å². The van der Waals surface area contributed by atoms with Crippen LogP contribution in [0.5, 0.6) is 5.75 Å². The molecule has 1 fully saturated rings. The smallest absolute Gasteiger partial charge is 0.313 e. The van der Waals surface area contributed by atoms with Crippen LogP contribution in [0, 0.1) is 5.41 Å². The lowest BCUT2D eigenvalue weighted by atomic mass is 9.94. The van der Waals surface area contributed by atoms with Crippen molar-refractivity contribution in [3.63, 3.8) is 0 Å². The number of ether oxygens (including phenoxy) is 2. The van der Waals surface area contributed by atoms with Gasteiger partial charge in [-0.3, -0.25) is 10.2 Å². The molecule has 7 nitrogen and oxygen atoms in total. The van der Waals surface area contributed by atoms with E-state index in [-0.39, 0.29) is 17.9 Å². The Morgan fingerprint density at radius 3 is 2.69 bits per heavy atom. The molecule has 0 aliphatic carbocycles. The lowest BCUT2D eigenvalue weighted by molar-refractivity contribution is -0.145. The number of esters is 1. The van der Waals surface area contributed by atoms with E-state index in [0.29, 0.717) is 29.9 Å². The summed E-state index contributed by atoms with van der Waals surface area (Å²) in [7, 11) is 2.09. The minimum absolute atomic E-state index is 0.00519. The van der Waals surface area contributed by atoms with Crippen molar-refractivity contribution < 1.29 is 18.7 Å². The average molecular weight is 436 g/mol. The monoisotopic (exact) mass is 435 g/mol. The first-order valence-electron chi connectivity index (χ1n) is 10.9. The van der Waals surface area contributed by atoms with Crippen molar-refractivity contribution in [2.75, 3.05) is 26.7 Å². The van der Waals surface area contributed by atoms with Crippen LogP contribution in [0.3, 0.4) is 0 Å². The molecule has 3 N–H and O–H groups in total. The number of hydrogen-bond acceptors (Lipinski definition) is 6. The minimum atomic E-state index is -0.491. The fraction of sp³-hybridized carbons (Fsp3) is 0.360. The van der Waals surface area contributed by atoms with Gasteiger partial charge in [0.15, 0.2) is 0 Å². The fourth-order valence-corrected chi connectivity index (χ4v) is 4.11. The molecule has 1 aliphatic rings. The van der Waals surface area contributed by atoms with Gasteiger partial charge in [-0.1, -0.05) is 12.1 Å². The van der Waals surface area contributed by atoms with Gasteiger partial charge in [-0.25, -0.2) is 0 Å². The van der Waals surface area contributed by atoms with Gasteiger partial charge in [0, 0.05) is 30.5 Å². The number of carbonyl (C=O) groups excluding carboxylic acids is 1. The van der Waals surface area contributed by atoms with Crippen LogP contribution < -0.4 is 10.5 Å². The molecule has 0 bridgehead atoms. The number of likely N-dealkylation sites (N-methyl/N-ethyl adjacent to an activating group) is 1. The third-order valence-electron chi connectivity index (χ3n) is 5.79. The molecule has 168 valence electrons. The zero-order valence-corrected chi connectivity index (χ0v) is 18.5. The van der Waals surface area contributed by atoms with Gasteiger partial charge in [0.25, 0.3) is 0 Å². The van der Waals surface area contributed by atoms with Gasteiger partial charge in [0.2, 0.25) is 0 Å². The van der Waals surface area contributed by atoms with Crippen molar-refractivity contribution >= 4 is 22.8 Å². The molecule has 0 spiro atoms. The Hall–Kier alpha value is -3.32. The highest BCUT2D eigenvalue weighted by atomic mass is 16.5. The highest BCUT2D eigenvalue weighted by molar-refractivity contribution is 5.98. The normalized spacial score (nSPS) is 17.4. The largest absolute Gasteiger partial charge is 0.489 e. The summed E-state index contributed by atoms with van der Waals surface area (Å²) in [6, 6.07) is 14.9. The van der Waals surface area contributed by atoms with E-state index in [1.807, 2.05) is 36.4 Å². The van der Waals surface area contributed by atoms with Gasteiger partial charge in [-0.05, 0) is 62.4 Å². The summed E-state index contributed by atoms with van der Waals surface area (Å²) in [6.45, 7) is 4.08. The first-order valence-corrected chi connectivity index (χ1v) is 10.9. The number of benzene rings is 2. The Labute approximate surface area is 187 Å². The molecule has 1 aliphatic heterocycles. The molecule has 1 unspecified atom stereocenters. The van der Waals surface area contributed by atoms with Crippen LogP contribution in [0.25, 0.3) is 11.0 Å². The summed E-state index contributed by atoms with van der Waals surface area (Å²) in [5, 5.41) is 8.46. The topological polar surface area (TPSA) is 102 Å². The first kappa shape index (κ1) is 21.9. The zero-order valence-electron chi connectivity index (χ0n) is 18.5. The lowest BCUT2D eigenvalue weighted by Gasteiger charge is -2.17. The molecule has 32 heavy (non-hydrogen) atoms. The number of rotatable bonds is 8. The van der Waals surface area contributed by atoms with Gasteiger partial charge in [-0.15, -0.1) is 0 Å². The molecule has 1 aromatic heterocycles. The van der Waals surface area contributed by atoms with Gasteiger partial charge in [-0.2, -0.15) is 0 Å². The zero-order chi connectivity index (χ0) is 22.7. The van der Waals surface area contributed by atoms with E-state index in [1.165, 1.54) is 0 Å². The van der Waals surface area contributed by atoms with Crippen molar-refractivity contribution in [3.05, 3.63) is 65.4 Å². The Balaban J connectivity index is 1.54. The fourth-order valence-electron chi connectivity index (χ4n) is 4.11. The van der Waals surface area contributed by atoms with Crippen LogP contribution in [0.15, 0.2) is 52.9 Å². The van der Waals surface area contributed by atoms with E-state index < -0.39 is 5.92 Å². The van der Waals surface area contributed by atoms with Gasteiger partial charge < -0.3 is 24.5 Å². The number of amidine groups is 1. The minimum Gasteiger partial charge on any atom is -0.489 e. The van der Waals surface area contributed by atoms with Crippen molar-refractivity contribution in [1.29, 1.82) is 5.41 Å². The second kappa shape index (κ2) is 9.44. The van der Waals surface area contributed by atoms with Crippen LogP contribution in [-0.4, -0.2) is 49.6 Å². The number of nitrogens with two attached hydrogens (primary N) is 1. The summed E-state index contributed by atoms with van der Waals surface area (Å²) in [5.74, 6) is 0.703. The average Bonchev–Trinajstić information content (AvgIpc) is 3.37.